The van der Waals surface area contributed by atoms with Crippen molar-refractivity contribution < 1.29 is 14.6 Å². The van der Waals surface area contributed by atoms with Gasteiger partial charge in [-0.15, -0.1) is 0 Å². The summed E-state index contributed by atoms with van der Waals surface area (Å²) in [5, 5.41) is 8.77. The summed E-state index contributed by atoms with van der Waals surface area (Å²) in [6.45, 7) is 5.40. The summed E-state index contributed by atoms with van der Waals surface area (Å²) in [4.78, 5) is 10.7. The van der Waals surface area contributed by atoms with Crippen LogP contribution in [0.25, 0.3) is 5.57 Å². The number of carboxylic acid groups (broad SMARTS) is 1. The van der Waals surface area contributed by atoms with Crippen molar-refractivity contribution in [3.63, 3.8) is 0 Å². The predicted octanol–water partition coefficient (Wildman–Crippen LogP) is 2.10. The zero-order valence-electron chi connectivity index (χ0n) is 8.20. The maximum Gasteiger partial charge on any atom is 0.335 e. The highest BCUT2D eigenvalue weighted by atomic mass is 16.5. The predicted molar refractivity (Wildman–Crippen MR) is 54.4 cm³/mol. The van der Waals surface area contributed by atoms with Crippen LogP contribution in [-0.2, 0) is 4.79 Å². The van der Waals surface area contributed by atoms with Gasteiger partial charge in [0, 0.05) is 5.56 Å². The van der Waals surface area contributed by atoms with Crippen molar-refractivity contribution >= 4 is 11.5 Å². The summed E-state index contributed by atoms with van der Waals surface area (Å²) >= 11 is 0. The number of rotatable bonds is 3. The first-order chi connectivity index (χ1) is 6.56. The molecule has 0 radical (unpaired) electrons. The average molecular weight is 192 g/mol. The van der Waals surface area contributed by atoms with Gasteiger partial charge in [0.05, 0.1) is 12.7 Å². The maximum atomic E-state index is 10.7. The Morgan fingerprint density at radius 2 is 2.14 bits per heavy atom. The maximum absolute atomic E-state index is 10.7. The van der Waals surface area contributed by atoms with E-state index in [9.17, 15) is 4.79 Å². The molecule has 0 bridgehead atoms. The van der Waals surface area contributed by atoms with Gasteiger partial charge in [-0.3, -0.25) is 0 Å². The van der Waals surface area contributed by atoms with Gasteiger partial charge in [-0.25, -0.2) is 4.79 Å². The molecule has 0 saturated carbocycles. The Balaban J connectivity index is 3.20. The Morgan fingerprint density at radius 3 is 2.64 bits per heavy atom. The largest absolute Gasteiger partial charge is 0.496 e. The van der Waals surface area contributed by atoms with Crippen LogP contribution in [-0.4, -0.2) is 18.2 Å². The number of aliphatic carboxylic acids is 1. The van der Waals surface area contributed by atoms with E-state index in [1.807, 2.05) is 13.0 Å². The van der Waals surface area contributed by atoms with Gasteiger partial charge in [0.15, 0.2) is 0 Å². The van der Waals surface area contributed by atoms with Crippen LogP contribution in [0.1, 0.15) is 11.1 Å². The van der Waals surface area contributed by atoms with E-state index >= 15 is 0 Å². The fourth-order valence-corrected chi connectivity index (χ4v) is 1.16. The molecule has 1 N–H and O–H groups in total. The summed E-state index contributed by atoms with van der Waals surface area (Å²) in [6, 6.07) is 5.31. The third-order valence-electron chi connectivity index (χ3n) is 1.94. The first kappa shape index (κ1) is 10.3. The highest BCUT2D eigenvalue weighted by Crippen LogP contribution is 2.25. The highest BCUT2D eigenvalue weighted by molar-refractivity contribution is 6.15. The van der Waals surface area contributed by atoms with Gasteiger partial charge in [0.2, 0.25) is 0 Å². The van der Waals surface area contributed by atoms with E-state index in [2.05, 4.69) is 6.58 Å². The molecule has 0 aliphatic carbocycles. The monoisotopic (exact) mass is 192 g/mol. The Labute approximate surface area is 82.6 Å². The second-order valence-corrected chi connectivity index (χ2v) is 2.99. The van der Waals surface area contributed by atoms with Crippen molar-refractivity contribution in [1.82, 2.24) is 0 Å². The summed E-state index contributed by atoms with van der Waals surface area (Å²) < 4.78 is 5.07. The average Bonchev–Trinajstić information content (AvgIpc) is 2.16. The Bertz CT molecular complexity index is 380. The molecule has 0 amide bonds. The van der Waals surface area contributed by atoms with E-state index in [-0.39, 0.29) is 5.57 Å². The molecular weight excluding hydrogens is 180 g/mol. The normalized spacial score (nSPS) is 9.57. The molecule has 0 atom stereocenters. The number of carboxylic acids is 1. The standard InChI is InChI=1S/C11H12O3/c1-7-4-5-9(8(2)11(12)13)10(6-7)14-3/h4-6H,2H2,1,3H3,(H,12,13). The van der Waals surface area contributed by atoms with Gasteiger partial charge >= 0.3 is 5.97 Å². The summed E-state index contributed by atoms with van der Waals surface area (Å²) in [6.07, 6.45) is 0. The van der Waals surface area contributed by atoms with Crippen molar-refractivity contribution in [3.05, 3.63) is 35.9 Å². The SMILES string of the molecule is C=C(C(=O)O)c1ccc(C)cc1OC. The topological polar surface area (TPSA) is 46.5 Å². The van der Waals surface area contributed by atoms with E-state index in [4.69, 9.17) is 9.84 Å². The lowest BCUT2D eigenvalue weighted by Crippen LogP contribution is -2.00. The molecule has 0 heterocycles. The number of benzene rings is 1. The highest BCUT2D eigenvalue weighted by Gasteiger charge is 2.12. The minimum absolute atomic E-state index is 0.0434. The fraction of sp³-hybridized carbons (Fsp3) is 0.182. The molecule has 1 aromatic rings. The lowest BCUT2D eigenvalue weighted by molar-refractivity contribution is -0.130. The summed E-state index contributed by atoms with van der Waals surface area (Å²) in [5.41, 5.74) is 1.58. The molecular formula is C11H12O3. The molecule has 74 valence electrons. The van der Waals surface area contributed by atoms with Crippen LogP contribution in [0, 0.1) is 6.92 Å². The van der Waals surface area contributed by atoms with Crippen molar-refractivity contribution in [3.8, 4) is 5.75 Å². The number of hydrogen-bond donors (Lipinski definition) is 1. The van der Waals surface area contributed by atoms with Crippen LogP contribution in [0.4, 0.5) is 0 Å². The number of hydrogen-bond acceptors (Lipinski definition) is 2. The van der Waals surface area contributed by atoms with Gasteiger partial charge in [0.25, 0.3) is 0 Å². The van der Waals surface area contributed by atoms with Crippen molar-refractivity contribution in [2.45, 2.75) is 6.92 Å². The van der Waals surface area contributed by atoms with Crippen LogP contribution in [0.5, 0.6) is 5.75 Å². The molecule has 0 aliphatic rings. The zero-order valence-corrected chi connectivity index (χ0v) is 8.20. The second-order valence-electron chi connectivity index (χ2n) is 2.99. The van der Waals surface area contributed by atoms with Gasteiger partial charge in [-0.1, -0.05) is 18.7 Å². The molecule has 0 fully saturated rings. The van der Waals surface area contributed by atoms with Crippen LogP contribution in [0.3, 0.4) is 0 Å². The first-order valence-corrected chi connectivity index (χ1v) is 4.13. The van der Waals surface area contributed by atoms with Crippen molar-refractivity contribution in [2.75, 3.05) is 7.11 Å². The van der Waals surface area contributed by atoms with Crippen LogP contribution in [0.15, 0.2) is 24.8 Å². The molecule has 14 heavy (non-hydrogen) atoms. The Kier molecular flexibility index (Phi) is 2.92. The number of aryl methyl sites for hydroxylation is 1. The van der Waals surface area contributed by atoms with E-state index in [0.29, 0.717) is 11.3 Å². The zero-order chi connectivity index (χ0) is 10.7. The molecule has 0 saturated heterocycles. The molecule has 1 rings (SSSR count). The molecule has 1 aromatic carbocycles. The fourth-order valence-electron chi connectivity index (χ4n) is 1.16. The number of ether oxygens (including phenoxy) is 1. The number of methoxy groups -OCH3 is 1. The second kappa shape index (κ2) is 3.96. The minimum atomic E-state index is -1.04. The third kappa shape index (κ3) is 1.93. The van der Waals surface area contributed by atoms with E-state index in [1.54, 1.807) is 12.1 Å². The Hall–Kier alpha value is -1.77. The van der Waals surface area contributed by atoms with E-state index in [1.165, 1.54) is 7.11 Å². The number of carbonyl (C=O) groups is 1. The van der Waals surface area contributed by atoms with Crippen LogP contribution in [0.2, 0.25) is 0 Å². The van der Waals surface area contributed by atoms with Gasteiger partial charge in [0.1, 0.15) is 5.75 Å². The van der Waals surface area contributed by atoms with Crippen molar-refractivity contribution in [1.29, 1.82) is 0 Å². The Morgan fingerprint density at radius 1 is 1.50 bits per heavy atom. The third-order valence-corrected chi connectivity index (χ3v) is 1.94. The summed E-state index contributed by atoms with van der Waals surface area (Å²) in [7, 11) is 1.51. The molecule has 3 nitrogen and oxygen atoms in total. The summed E-state index contributed by atoms with van der Waals surface area (Å²) in [5.74, 6) is -0.496. The lowest BCUT2D eigenvalue weighted by Gasteiger charge is -2.08. The molecule has 0 aliphatic heterocycles. The minimum Gasteiger partial charge on any atom is -0.496 e. The quantitative estimate of drug-likeness (QED) is 0.746. The van der Waals surface area contributed by atoms with Gasteiger partial charge < -0.3 is 9.84 Å². The van der Waals surface area contributed by atoms with E-state index in [0.717, 1.165) is 5.56 Å². The van der Waals surface area contributed by atoms with Crippen molar-refractivity contribution in [2.24, 2.45) is 0 Å². The molecule has 3 heteroatoms. The van der Waals surface area contributed by atoms with Gasteiger partial charge in [-0.05, 0) is 18.6 Å². The lowest BCUT2D eigenvalue weighted by atomic mass is 10.0. The van der Waals surface area contributed by atoms with Gasteiger partial charge in [-0.2, -0.15) is 0 Å². The smallest absolute Gasteiger partial charge is 0.335 e. The van der Waals surface area contributed by atoms with E-state index < -0.39 is 5.97 Å². The molecule has 0 unspecified atom stereocenters. The molecule has 0 aromatic heterocycles. The van der Waals surface area contributed by atoms with Crippen LogP contribution >= 0.6 is 0 Å². The molecule has 0 spiro atoms. The first-order valence-electron chi connectivity index (χ1n) is 4.13. The van der Waals surface area contributed by atoms with Crippen LogP contribution < -0.4 is 4.74 Å².